The number of aryl methyl sites for hydroxylation is 1. The number of fused-ring (bicyclic) bond motifs is 1. The molecule has 0 bridgehead atoms. The number of methoxy groups -OCH3 is 2. The fourth-order valence-electron chi connectivity index (χ4n) is 4.24. The van der Waals surface area contributed by atoms with E-state index < -0.39 is 0 Å². The molecule has 7 heteroatoms. The zero-order valence-electron chi connectivity index (χ0n) is 18.1. The van der Waals surface area contributed by atoms with E-state index in [4.69, 9.17) is 23.7 Å². The minimum Gasteiger partial charge on any atom is -0.497 e. The largest absolute Gasteiger partial charge is 0.497 e. The molecule has 0 saturated carbocycles. The summed E-state index contributed by atoms with van der Waals surface area (Å²) in [4.78, 5) is 12.7. The summed E-state index contributed by atoms with van der Waals surface area (Å²) in [7, 11) is 3.26. The van der Waals surface area contributed by atoms with Crippen molar-refractivity contribution in [1.82, 2.24) is 5.32 Å². The highest BCUT2D eigenvalue weighted by Crippen LogP contribution is 2.40. The number of ether oxygens (including phenoxy) is 5. The van der Waals surface area contributed by atoms with Crippen LogP contribution in [0.1, 0.15) is 30.4 Å². The van der Waals surface area contributed by atoms with Crippen LogP contribution in [0, 0.1) is 0 Å². The third kappa shape index (κ3) is 4.71. The van der Waals surface area contributed by atoms with Crippen molar-refractivity contribution in [2.75, 3.05) is 40.8 Å². The number of carbonyl (C=O) groups excluding carboxylic acids is 1. The molecule has 0 aliphatic carbocycles. The molecule has 0 aromatic heterocycles. The highest BCUT2D eigenvalue weighted by molar-refractivity contribution is 5.76. The minimum absolute atomic E-state index is 0.0106. The van der Waals surface area contributed by atoms with Gasteiger partial charge in [0.1, 0.15) is 11.5 Å². The summed E-state index contributed by atoms with van der Waals surface area (Å²) in [6.45, 7) is 2.15. The smallest absolute Gasteiger partial charge is 0.231 e. The summed E-state index contributed by atoms with van der Waals surface area (Å²) in [6, 6.07) is 11.7. The van der Waals surface area contributed by atoms with Crippen LogP contribution >= 0.6 is 0 Å². The van der Waals surface area contributed by atoms with Crippen LogP contribution in [0.5, 0.6) is 23.0 Å². The van der Waals surface area contributed by atoms with E-state index in [2.05, 4.69) is 11.4 Å². The quantitative estimate of drug-likeness (QED) is 0.697. The molecular formula is C24H29NO6. The van der Waals surface area contributed by atoms with Gasteiger partial charge in [-0.25, -0.2) is 0 Å². The van der Waals surface area contributed by atoms with Gasteiger partial charge in [-0.2, -0.15) is 0 Å². The van der Waals surface area contributed by atoms with Crippen molar-refractivity contribution in [3.05, 3.63) is 47.5 Å². The number of amides is 1. The third-order valence-corrected chi connectivity index (χ3v) is 6.17. The van der Waals surface area contributed by atoms with Crippen molar-refractivity contribution in [3.63, 3.8) is 0 Å². The lowest BCUT2D eigenvalue weighted by Gasteiger charge is -2.38. The second-order valence-corrected chi connectivity index (χ2v) is 7.92. The second kappa shape index (κ2) is 9.47. The molecule has 2 aromatic carbocycles. The SMILES string of the molecule is COc1ccc(OC)c(CCC(=O)NCC2(c3ccc4c(c3)OCO4)CCOCC2)c1. The van der Waals surface area contributed by atoms with Crippen LogP contribution in [-0.4, -0.2) is 46.7 Å². The van der Waals surface area contributed by atoms with E-state index in [1.165, 1.54) is 0 Å². The molecule has 7 nitrogen and oxygen atoms in total. The predicted octanol–water partition coefficient (Wildman–Crippen LogP) is 3.23. The maximum atomic E-state index is 12.7. The van der Waals surface area contributed by atoms with Gasteiger partial charge in [-0.3, -0.25) is 4.79 Å². The number of hydrogen-bond acceptors (Lipinski definition) is 6. The van der Waals surface area contributed by atoms with Crippen LogP contribution < -0.4 is 24.3 Å². The molecule has 0 atom stereocenters. The first kappa shape index (κ1) is 21.3. The zero-order chi connectivity index (χ0) is 21.7. The molecule has 2 aliphatic heterocycles. The first-order valence-electron chi connectivity index (χ1n) is 10.6. The summed E-state index contributed by atoms with van der Waals surface area (Å²) in [5.41, 5.74) is 1.92. The molecule has 166 valence electrons. The maximum Gasteiger partial charge on any atom is 0.231 e. The summed E-state index contributed by atoms with van der Waals surface area (Å²) in [5.74, 6) is 3.05. The molecule has 1 N–H and O–H groups in total. The van der Waals surface area contributed by atoms with Crippen molar-refractivity contribution in [3.8, 4) is 23.0 Å². The van der Waals surface area contributed by atoms with Gasteiger partial charge in [0.15, 0.2) is 11.5 Å². The van der Waals surface area contributed by atoms with E-state index in [1.54, 1.807) is 14.2 Å². The molecule has 31 heavy (non-hydrogen) atoms. The lowest BCUT2D eigenvalue weighted by Crippen LogP contribution is -2.44. The van der Waals surface area contributed by atoms with Crippen LogP contribution in [-0.2, 0) is 21.4 Å². The monoisotopic (exact) mass is 427 g/mol. The van der Waals surface area contributed by atoms with Gasteiger partial charge in [0.25, 0.3) is 0 Å². The van der Waals surface area contributed by atoms with Crippen LogP contribution in [0.25, 0.3) is 0 Å². The maximum absolute atomic E-state index is 12.7. The Hall–Kier alpha value is -2.93. The average molecular weight is 427 g/mol. The molecule has 0 spiro atoms. The number of hydrogen-bond donors (Lipinski definition) is 1. The van der Waals surface area contributed by atoms with Crippen molar-refractivity contribution < 1.29 is 28.5 Å². The Bertz CT molecular complexity index is 922. The van der Waals surface area contributed by atoms with E-state index in [-0.39, 0.29) is 18.1 Å². The normalized spacial score (nSPS) is 16.6. The minimum atomic E-state index is -0.178. The number of rotatable bonds is 8. The predicted molar refractivity (Wildman–Crippen MR) is 115 cm³/mol. The molecule has 2 heterocycles. The van der Waals surface area contributed by atoms with Crippen molar-refractivity contribution in [2.24, 2.45) is 0 Å². The van der Waals surface area contributed by atoms with Gasteiger partial charge in [0.2, 0.25) is 12.7 Å². The van der Waals surface area contributed by atoms with Crippen molar-refractivity contribution >= 4 is 5.91 Å². The van der Waals surface area contributed by atoms with Gasteiger partial charge in [0, 0.05) is 31.6 Å². The molecule has 0 unspecified atom stereocenters. The molecule has 1 saturated heterocycles. The Labute approximate surface area is 182 Å². The molecule has 1 amide bonds. The number of carbonyl (C=O) groups is 1. The Balaban J connectivity index is 1.42. The van der Waals surface area contributed by atoms with Crippen molar-refractivity contribution in [1.29, 1.82) is 0 Å². The fraction of sp³-hybridized carbons (Fsp3) is 0.458. The van der Waals surface area contributed by atoms with Gasteiger partial charge >= 0.3 is 0 Å². The second-order valence-electron chi connectivity index (χ2n) is 7.92. The molecular weight excluding hydrogens is 398 g/mol. The molecule has 0 radical (unpaired) electrons. The van der Waals surface area contributed by atoms with E-state index in [1.807, 2.05) is 30.3 Å². The van der Waals surface area contributed by atoms with Crippen LogP contribution in [0.4, 0.5) is 0 Å². The van der Waals surface area contributed by atoms with Crippen LogP contribution in [0.3, 0.4) is 0 Å². The van der Waals surface area contributed by atoms with E-state index >= 15 is 0 Å². The van der Waals surface area contributed by atoms with E-state index in [9.17, 15) is 4.79 Å². The first-order chi connectivity index (χ1) is 15.1. The standard InChI is InChI=1S/C24H29NO6/c1-27-19-5-7-20(28-2)17(13-19)3-8-23(26)25-15-24(9-11-29-12-10-24)18-4-6-21-22(14-18)31-16-30-21/h4-7,13-14H,3,8-12,15-16H2,1-2H3,(H,25,26). The average Bonchev–Trinajstić information content (AvgIpc) is 3.30. The van der Waals surface area contributed by atoms with E-state index in [0.29, 0.717) is 32.6 Å². The highest BCUT2D eigenvalue weighted by Gasteiger charge is 2.36. The van der Waals surface area contributed by atoms with Crippen molar-refractivity contribution in [2.45, 2.75) is 31.1 Å². The highest BCUT2D eigenvalue weighted by atomic mass is 16.7. The van der Waals surface area contributed by atoms with Gasteiger partial charge < -0.3 is 29.0 Å². The van der Waals surface area contributed by atoms with Gasteiger partial charge in [-0.15, -0.1) is 0 Å². The lowest BCUT2D eigenvalue weighted by molar-refractivity contribution is -0.121. The summed E-state index contributed by atoms with van der Waals surface area (Å²) < 4.78 is 27.3. The van der Waals surface area contributed by atoms with Gasteiger partial charge in [-0.1, -0.05) is 6.07 Å². The Kier molecular flexibility index (Phi) is 6.51. The topological polar surface area (TPSA) is 75.3 Å². The number of benzene rings is 2. The molecule has 1 fully saturated rings. The fourth-order valence-corrected chi connectivity index (χ4v) is 4.24. The lowest BCUT2D eigenvalue weighted by atomic mass is 9.74. The summed E-state index contributed by atoms with van der Waals surface area (Å²) in [5, 5.41) is 3.16. The number of nitrogens with one attached hydrogen (secondary N) is 1. The first-order valence-corrected chi connectivity index (χ1v) is 10.6. The Morgan fingerprint density at radius 2 is 1.84 bits per heavy atom. The van der Waals surface area contributed by atoms with Crippen LogP contribution in [0.15, 0.2) is 36.4 Å². The third-order valence-electron chi connectivity index (χ3n) is 6.17. The van der Waals surface area contributed by atoms with Crippen LogP contribution in [0.2, 0.25) is 0 Å². The molecule has 2 aliphatic rings. The Morgan fingerprint density at radius 1 is 1.03 bits per heavy atom. The summed E-state index contributed by atoms with van der Waals surface area (Å²) >= 11 is 0. The molecule has 2 aromatic rings. The molecule has 4 rings (SSSR count). The van der Waals surface area contributed by atoms with Gasteiger partial charge in [0.05, 0.1) is 14.2 Å². The summed E-state index contributed by atoms with van der Waals surface area (Å²) in [6.07, 6.45) is 2.64. The Morgan fingerprint density at radius 3 is 2.61 bits per heavy atom. The zero-order valence-corrected chi connectivity index (χ0v) is 18.1. The van der Waals surface area contributed by atoms with E-state index in [0.717, 1.165) is 47.0 Å². The van der Waals surface area contributed by atoms with Gasteiger partial charge in [-0.05, 0) is 60.7 Å².